The highest BCUT2D eigenvalue weighted by Gasteiger charge is 2.29. The molecule has 11 heteroatoms. The molecule has 0 aliphatic carbocycles. The number of benzene rings is 2. The van der Waals surface area contributed by atoms with Crippen LogP contribution in [0.3, 0.4) is 0 Å². The van der Waals surface area contributed by atoms with Gasteiger partial charge in [0, 0.05) is 53.1 Å². The van der Waals surface area contributed by atoms with Crippen LogP contribution in [-0.2, 0) is 34.9 Å². The second kappa shape index (κ2) is 19.4. The van der Waals surface area contributed by atoms with Crippen LogP contribution in [-0.4, -0.2) is 116 Å². The van der Waals surface area contributed by atoms with Gasteiger partial charge in [-0.2, -0.15) is 0 Å². The molecule has 1 N–H and O–H groups in total. The Morgan fingerprint density at radius 3 is 2.33 bits per heavy atom. The smallest absolute Gasteiger partial charge is 0.227 e. The third kappa shape index (κ3) is 12.0. The molecule has 0 spiro atoms. The van der Waals surface area contributed by atoms with E-state index >= 15 is 0 Å². The number of ether oxygens (including phenoxy) is 5. The van der Waals surface area contributed by atoms with Gasteiger partial charge in [0.2, 0.25) is 5.91 Å². The standard InChI is InChI=1S/C31H45Cl2N3O6/c1-35(31(37)21-24-4-9-28(32)29(33)20-24)30(25-5-7-26(8-6-25)34-11-13-38-2)23-36-12-10-27(22-36)42-19-18-41-17-16-40-15-14-39-3/h4-9,20,27,30,34H,10-19,21-23H2,1-3H3/t27-,30+/m0/s1. The van der Waals surface area contributed by atoms with Gasteiger partial charge in [0.05, 0.1) is 74.9 Å². The minimum absolute atomic E-state index is 0.0102. The zero-order chi connectivity index (χ0) is 30.2. The molecule has 42 heavy (non-hydrogen) atoms. The monoisotopic (exact) mass is 625 g/mol. The summed E-state index contributed by atoms with van der Waals surface area (Å²) in [4.78, 5) is 17.7. The van der Waals surface area contributed by atoms with E-state index in [9.17, 15) is 4.79 Å². The fraction of sp³-hybridized carbons (Fsp3) is 0.581. The van der Waals surface area contributed by atoms with E-state index in [4.69, 9.17) is 46.9 Å². The van der Waals surface area contributed by atoms with Crippen LogP contribution in [0, 0.1) is 0 Å². The Morgan fingerprint density at radius 2 is 1.64 bits per heavy atom. The summed E-state index contributed by atoms with van der Waals surface area (Å²) in [5, 5.41) is 4.27. The SMILES string of the molecule is COCCNc1ccc([C@@H](CN2CC[C@H](OCCOCCOCCOC)C2)N(C)C(=O)Cc2ccc(Cl)c(Cl)c2)cc1. The van der Waals surface area contributed by atoms with Gasteiger partial charge < -0.3 is 33.9 Å². The lowest BCUT2D eigenvalue weighted by Gasteiger charge is -2.32. The first kappa shape index (κ1) is 34.5. The maximum atomic E-state index is 13.5. The number of carbonyl (C=O) groups excluding carboxylic acids is 1. The van der Waals surface area contributed by atoms with Crippen molar-refractivity contribution in [3.8, 4) is 0 Å². The van der Waals surface area contributed by atoms with E-state index < -0.39 is 0 Å². The Labute approximate surface area is 260 Å². The number of likely N-dealkylation sites (tertiary alicyclic amines) is 1. The number of anilines is 1. The largest absolute Gasteiger partial charge is 0.383 e. The Hall–Kier alpha value is -1.95. The molecule has 1 aliphatic rings. The molecule has 0 radical (unpaired) electrons. The van der Waals surface area contributed by atoms with Crippen LogP contribution in [0.25, 0.3) is 0 Å². The van der Waals surface area contributed by atoms with Crippen molar-refractivity contribution in [2.75, 3.05) is 99.0 Å². The van der Waals surface area contributed by atoms with Crippen molar-refractivity contribution in [3.05, 3.63) is 63.6 Å². The molecule has 0 saturated carbocycles. The predicted molar refractivity (Wildman–Crippen MR) is 167 cm³/mol. The van der Waals surface area contributed by atoms with E-state index in [-0.39, 0.29) is 24.5 Å². The minimum atomic E-state index is -0.131. The summed E-state index contributed by atoms with van der Waals surface area (Å²) in [6.45, 7) is 7.08. The van der Waals surface area contributed by atoms with Gasteiger partial charge in [-0.1, -0.05) is 41.4 Å². The zero-order valence-electron chi connectivity index (χ0n) is 25.0. The number of rotatable bonds is 20. The van der Waals surface area contributed by atoms with Crippen molar-refractivity contribution in [2.24, 2.45) is 0 Å². The lowest BCUT2D eigenvalue weighted by Crippen LogP contribution is -2.39. The fourth-order valence-electron chi connectivity index (χ4n) is 4.78. The molecule has 0 unspecified atom stereocenters. The number of likely N-dealkylation sites (N-methyl/N-ethyl adjacent to an activating group) is 1. The van der Waals surface area contributed by atoms with Crippen LogP contribution < -0.4 is 5.32 Å². The average molecular weight is 627 g/mol. The van der Waals surface area contributed by atoms with E-state index in [1.54, 1.807) is 26.4 Å². The van der Waals surface area contributed by atoms with Gasteiger partial charge in [0.15, 0.2) is 0 Å². The van der Waals surface area contributed by atoms with Gasteiger partial charge in [0.25, 0.3) is 0 Å². The fourth-order valence-corrected chi connectivity index (χ4v) is 5.10. The molecule has 1 fully saturated rings. The Balaban J connectivity index is 1.56. The predicted octanol–water partition coefficient (Wildman–Crippen LogP) is 4.56. The number of methoxy groups -OCH3 is 2. The third-order valence-corrected chi connectivity index (χ3v) is 7.92. The van der Waals surface area contributed by atoms with Gasteiger partial charge in [-0.05, 0) is 41.8 Å². The molecule has 3 rings (SSSR count). The van der Waals surface area contributed by atoms with Gasteiger partial charge in [-0.15, -0.1) is 0 Å². The normalized spacial score (nSPS) is 16.1. The second-order valence-electron chi connectivity index (χ2n) is 10.2. The molecule has 2 aromatic rings. The van der Waals surface area contributed by atoms with Crippen molar-refractivity contribution < 1.29 is 28.5 Å². The summed E-state index contributed by atoms with van der Waals surface area (Å²) < 4.78 is 27.2. The molecule has 234 valence electrons. The van der Waals surface area contributed by atoms with Crippen molar-refractivity contribution >= 4 is 34.8 Å². The maximum absolute atomic E-state index is 13.5. The second-order valence-corrected chi connectivity index (χ2v) is 11.1. The van der Waals surface area contributed by atoms with E-state index in [0.29, 0.717) is 62.8 Å². The summed E-state index contributed by atoms with van der Waals surface area (Å²) in [5.41, 5.74) is 2.91. The summed E-state index contributed by atoms with van der Waals surface area (Å²) in [7, 11) is 5.21. The van der Waals surface area contributed by atoms with E-state index in [1.165, 1.54) is 0 Å². The Morgan fingerprint density at radius 1 is 0.952 bits per heavy atom. The molecule has 2 aromatic carbocycles. The first-order valence-corrected chi connectivity index (χ1v) is 15.2. The van der Waals surface area contributed by atoms with Gasteiger partial charge in [0.1, 0.15) is 0 Å². The lowest BCUT2D eigenvalue weighted by molar-refractivity contribution is -0.131. The molecule has 0 aromatic heterocycles. The van der Waals surface area contributed by atoms with Crippen molar-refractivity contribution in [3.63, 3.8) is 0 Å². The van der Waals surface area contributed by atoms with Crippen LogP contribution in [0.1, 0.15) is 23.6 Å². The van der Waals surface area contributed by atoms with Crippen LogP contribution in [0.2, 0.25) is 10.0 Å². The van der Waals surface area contributed by atoms with E-state index in [1.807, 2.05) is 30.1 Å². The lowest BCUT2D eigenvalue weighted by atomic mass is 10.0. The molecule has 1 saturated heterocycles. The number of hydrogen-bond acceptors (Lipinski definition) is 8. The Bertz CT molecular complexity index is 1060. The first-order chi connectivity index (χ1) is 20.4. The Kier molecular flexibility index (Phi) is 15.9. The zero-order valence-corrected chi connectivity index (χ0v) is 26.5. The summed E-state index contributed by atoms with van der Waals surface area (Å²) >= 11 is 12.3. The first-order valence-electron chi connectivity index (χ1n) is 14.4. The molecule has 9 nitrogen and oxygen atoms in total. The van der Waals surface area contributed by atoms with Crippen molar-refractivity contribution in [1.29, 1.82) is 0 Å². The molecular formula is C31H45Cl2N3O6. The quantitative estimate of drug-likeness (QED) is 0.214. The van der Waals surface area contributed by atoms with Crippen molar-refractivity contribution in [2.45, 2.75) is 25.0 Å². The summed E-state index contributed by atoms with van der Waals surface area (Å²) in [5.74, 6) is 0.0102. The van der Waals surface area contributed by atoms with E-state index in [2.05, 4.69) is 22.3 Å². The number of hydrogen-bond donors (Lipinski definition) is 1. The van der Waals surface area contributed by atoms with Crippen LogP contribution in [0.15, 0.2) is 42.5 Å². The van der Waals surface area contributed by atoms with Gasteiger partial charge in [-0.25, -0.2) is 0 Å². The molecule has 1 amide bonds. The average Bonchev–Trinajstić information content (AvgIpc) is 3.44. The number of carbonyl (C=O) groups is 1. The maximum Gasteiger partial charge on any atom is 0.227 e. The van der Waals surface area contributed by atoms with Crippen molar-refractivity contribution in [1.82, 2.24) is 9.80 Å². The molecule has 1 aliphatic heterocycles. The molecular weight excluding hydrogens is 581 g/mol. The number of nitrogens with one attached hydrogen (secondary N) is 1. The van der Waals surface area contributed by atoms with Gasteiger partial charge >= 0.3 is 0 Å². The summed E-state index contributed by atoms with van der Waals surface area (Å²) in [6.07, 6.45) is 1.32. The highest BCUT2D eigenvalue weighted by atomic mass is 35.5. The molecule has 2 atom stereocenters. The van der Waals surface area contributed by atoms with Crippen LogP contribution in [0.4, 0.5) is 5.69 Å². The highest BCUT2D eigenvalue weighted by Crippen LogP contribution is 2.27. The minimum Gasteiger partial charge on any atom is -0.383 e. The van der Waals surface area contributed by atoms with Gasteiger partial charge in [-0.3, -0.25) is 9.69 Å². The number of amides is 1. The molecule has 1 heterocycles. The van der Waals surface area contributed by atoms with Crippen LogP contribution >= 0.6 is 23.2 Å². The highest BCUT2D eigenvalue weighted by molar-refractivity contribution is 6.42. The van der Waals surface area contributed by atoms with E-state index in [0.717, 1.165) is 42.9 Å². The third-order valence-electron chi connectivity index (χ3n) is 7.18. The topological polar surface area (TPSA) is 81.7 Å². The van der Waals surface area contributed by atoms with Crippen LogP contribution in [0.5, 0.6) is 0 Å². The molecule has 0 bridgehead atoms. The summed E-state index contributed by atoms with van der Waals surface area (Å²) in [6, 6.07) is 13.5. The number of halogens is 2. The number of nitrogens with zero attached hydrogens (tertiary/aromatic N) is 2.